The van der Waals surface area contributed by atoms with Crippen molar-refractivity contribution >= 4 is 28.5 Å². The van der Waals surface area contributed by atoms with Gasteiger partial charge in [-0.3, -0.25) is 9.59 Å². The molecule has 0 radical (unpaired) electrons. The number of nitrogens with zero attached hydrogens (tertiary/aromatic N) is 4. The Morgan fingerprint density at radius 2 is 1.77 bits per heavy atom. The van der Waals surface area contributed by atoms with Gasteiger partial charge in [0.25, 0.3) is 0 Å². The number of carbonyl (C=O) groups excluding carboxylic acids is 2. The second-order valence-electron chi connectivity index (χ2n) is 8.04. The highest BCUT2D eigenvalue weighted by atomic mass is 16.2. The molecular formula is C25H30N4O2. The lowest BCUT2D eigenvalue weighted by Gasteiger charge is -2.21. The average molecular weight is 419 g/mol. The molecule has 2 heterocycles. The molecule has 1 aliphatic rings. The molecule has 2 amide bonds. The molecule has 6 heteroatoms. The lowest BCUT2D eigenvalue weighted by atomic mass is 10.1. The van der Waals surface area contributed by atoms with Crippen LogP contribution >= 0.6 is 0 Å². The van der Waals surface area contributed by atoms with Crippen molar-refractivity contribution in [2.75, 3.05) is 24.5 Å². The molecule has 6 nitrogen and oxygen atoms in total. The predicted octanol–water partition coefficient (Wildman–Crippen LogP) is 3.99. The molecule has 0 bridgehead atoms. The van der Waals surface area contributed by atoms with E-state index in [1.165, 1.54) is 5.56 Å². The van der Waals surface area contributed by atoms with Gasteiger partial charge in [0, 0.05) is 37.7 Å². The van der Waals surface area contributed by atoms with Gasteiger partial charge in [0.15, 0.2) is 0 Å². The summed E-state index contributed by atoms with van der Waals surface area (Å²) < 4.78 is 2.01. The number of hydrogen-bond donors (Lipinski definition) is 0. The molecule has 162 valence electrons. The van der Waals surface area contributed by atoms with E-state index in [0.717, 1.165) is 29.0 Å². The zero-order valence-electron chi connectivity index (χ0n) is 18.5. The van der Waals surface area contributed by atoms with Crippen LogP contribution in [0.25, 0.3) is 11.0 Å². The van der Waals surface area contributed by atoms with Crippen LogP contribution in [0.5, 0.6) is 0 Å². The van der Waals surface area contributed by atoms with Crippen molar-refractivity contribution in [1.29, 1.82) is 0 Å². The molecule has 0 unspecified atom stereocenters. The Labute approximate surface area is 183 Å². The van der Waals surface area contributed by atoms with Gasteiger partial charge in [-0.05, 0) is 50.1 Å². The number of fused-ring (bicyclic) bond motifs is 1. The predicted molar refractivity (Wildman–Crippen MR) is 123 cm³/mol. The number of aromatic nitrogens is 2. The summed E-state index contributed by atoms with van der Waals surface area (Å²) in [6.45, 7) is 8.29. The number of aryl methyl sites for hydroxylation is 1. The zero-order chi connectivity index (χ0) is 22.0. The minimum Gasteiger partial charge on any atom is -0.342 e. The molecule has 1 atom stereocenters. The highest BCUT2D eigenvalue weighted by Crippen LogP contribution is 2.33. The van der Waals surface area contributed by atoms with E-state index in [1.54, 1.807) is 0 Å². The molecule has 1 fully saturated rings. The van der Waals surface area contributed by atoms with Gasteiger partial charge in [-0.2, -0.15) is 0 Å². The minimum atomic E-state index is -0.0461. The van der Waals surface area contributed by atoms with E-state index >= 15 is 0 Å². The third-order valence-corrected chi connectivity index (χ3v) is 6.24. The number of amides is 2. The Morgan fingerprint density at radius 3 is 2.45 bits per heavy atom. The third kappa shape index (κ3) is 4.07. The molecular weight excluding hydrogens is 388 g/mol. The quantitative estimate of drug-likeness (QED) is 0.583. The van der Waals surface area contributed by atoms with E-state index in [1.807, 2.05) is 64.6 Å². The van der Waals surface area contributed by atoms with Crippen LogP contribution in [0.2, 0.25) is 0 Å². The van der Waals surface area contributed by atoms with Gasteiger partial charge in [-0.25, -0.2) is 4.98 Å². The largest absolute Gasteiger partial charge is 0.342 e. The molecule has 3 aromatic rings. The van der Waals surface area contributed by atoms with Gasteiger partial charge in [0.2, 0.25) is 11.8 Å². The summed E-state index contributed by atoms with van der Waals surface area (Å²) in [4.78, 5) is 34.3. The number of imidazole rings is 1. The first-order chi connectivity index (χ1) is 15.0. The first-order valence-corrected chi connectivity index (χ1v) is 11.2. The normalized spacial score (nSPS) is 16.3. The summed E-state index contributed by atoms with van der Waals surface area (Å²) in [5.74, 6) is 0.951. The van der Waals surface area contributed by atoms with Gasteiger partial charge in [-0.15, -0.1) is 0 Å². The summed E-state index contributed by atoms with van der Waals surface area (Å²) in [6.07, 6.45) is 1.37. The van der Waals surface area contributed by atoms with Crippen LogP contribution in [-0.4, -0.2) is 45.9 Å². The first kappa shape index (κ1) is 21.1. The summed E-state index contributed by atoms with van der Waals surface area (Å²) in [5, 5.41) is 0. The second-order valence-corrected chi connectivity index (χ2v) is 8.04. The smallest absolute Gasteiger partial charge is 0.242 e. The summed E-state index contributed by atoms with van der Waals surface area (Å²) >= 11 is 0. The molecule has 31 heavy (non-hydrogen) atoms. The maximum atomic E-state index is 12.9. The fourth-order valence-corrected chi connectivity index (χ4v) is 4.43. The van der Waals surface area contributed by atoms with E-state index in [4.69, 9.17) is 4.98 Å². The number of hydrogen-bond acceptors (Lipinski definition) is 3. The highest BCUT2D eigenvalue weighted by Gasteiger charge is 2.35. The molecule has 1 saturated heterocycles. The summed E-state index contributed by atoms with van der Waals surface area (Å²) in [6, 6.07) is 16.1. The van der Waals surface area contributed by atoms with Crippen molar-refractivity contribution in [3.8, 4) is 0 Å². The highest BCUT2D eigenvalue weighted by molar-refractivity contribution is 5.96. The fourth-order valence-electron chi connectivity index (χ4n) is 4.43. The maximum Gasteiger partial charge on any atom is 0.242 e. The molecule has 1 aromatic heterocycles. The summed E-state index contributed by atoms with van der Waals surface area (Å²) in [5.41, 5.74) is 3.98. The van der Waals surface area contributed by atoms with Crippen molar-refractivity contribution in [2.45, 2.75) is 46.1 Å². The van der Waals surface area contributed by atoms with E-state index in [-0.39, 0.29) is 24.3 Å². The van der Waals surface area contributed by atoms with Crippen molar-refractivity contribution in [3.63, 3.8) is 0 Å². The van der Waals surface area contributed by atoms with E-state index in [9.17, 15) is 9.59 Å². The first-order valence-electron chi connectivity index (χ1n) is 11.2. The standard InChI is InChI=1S/C25H30N4O2/c1-4-18-11-13-20(14-12-18)28-16-19(15-23(28)30)25-26-21-9-7-8-10-22(21)29(25)17-24(31)27(5-2)6-3/h7-14,19H,4-6,15-17H2,1-3H3/t19-/m1/s1. The number of para-hydroxylation sites is 2. The SMILES string of the molecule is CCc1ccc(N2C[C@H](c3nc4ccccc4n3CC(=O)N(CC)CC)CC2=O)cc1. The van der Waals surface area contributed by atoms with Crippen molar-refractivity contribution in [1.82, 2.24) is 14.5 Å². The van der Waals surface area contributed by atoms with Crippen LogP contribution in [0.3, 0.4) is 0 Å². The van der Waals surface area contributed by atoms with Gasteiger partial charge >= 0.3 is 0 Å². The molecule has 2 aromatic carbocycles. The zero-order valence-corrected chi connectivity index (χ0v) is 18.5. The van der Waals surface area contributed by atoms with Crippen LogP contribution in [0.15, 0.2) is 48.5 Å². The number of carbonyl (C=O) groups is 2. The maximum absolute atomic E-state index is 12.9. The topological polar surface area (TPSA) is 58.4 Å². The summed E-state index contributed by atoms with van der Waals surface area (Å²) in [7, 11) is 0. The number of benzene rings is 2. The van der Waals surface area contributed by atoms with Gasteiger partial charge in [-0.1, -0.05) is 31.2 Å². The molecule has 1 aliphatic heterocycles. The van der Waals surface area contributed by atoms with E-state index in [0.29, 0.717) is 26.1 Å². The molecule has 0 spiro atoms. The van der Waals surface area contributed by atoms with Gasteiger partial charge < -0.3 is 14.4 Å². The Balaban J connectivity index is 1.66. The molecule has 0 aliphatic carbocycles. The van der Waals surface area contributed by atoms with Gasteiger partial charge in [0.1, 0.15) is 12.4 Å². The second kappa shape index (κ2) is 8.92. The number of rotatable bonds is 7. The van der Waals surface area contributed by atoms with E-state index < -0.39 is 0 Å². The third-order valence-electron chi connectivity index (χ3n) is 6.24. The van der Waals surface area contributed by atoms with Crippen LogP contribution < -0.4 is 4.90 Å². The van der Waals surface area contributed by atoms with Crippen molar-refractivity contribution in [3.05, 3.63) is 59.9 Å². The number of anilines is 1. The van der Waals surface area contributed by atoms with Crippen molar-refractivity contribution in [2.24, 2.45) is 0 Å². The van der Waals surface area contributed by atoms with Crippen LogP contribution in [0, 0.1) is 0 Å². The van der Waals surface area contributed by atoms with Crippen LogP contribution in [-0.2, 0) is 22.6 Å². The van der Waals surface area contributed by atoms with Crippen LogP contribution in [0.1, 0.15) is 44.5 Å². The van der Waals surface area contributed by atoms with Crippen LogP contribution in [0.4, 0.5) is 5.69 Å². The Hall–Kier alpha value is -3.15. The Kier molecular flexibility index (Phi) is 6.07. The van der Waals surface area contributed by atoms with Gasteiger partial charge in [0.05, 0.1) is 11.0 Å². The van der Waals surface area contributed by atoms with Crippen molar-refractivity contribution < 1.29 is 9.59 Å². The molecule has 0 saturated carbocycles. The minimum absolute atomic E-state index is 0.0461. The lowest BCUT2D eigenvalue weighted by molar-refractivity contribution is -0.131. The van der Waals surface area contributed by atoms with E-state index in [2.05, 4.69) is 19.1 Å². The monoisotopic (exact) mass is 418 g/mol. The molecule has 0 N–H and O–H groups in total. The lowest BCUT2D eigenvalue weighted by Crippen LogP contribution is -2.34. The Bertz CT molecular complexity index is 1080. The average Bonchev–Trinajstić information content (AvgIpc) is 3.35. The number of likely N-dealkylation sites (N-methyl/N-ethyl adjacent to an activating group) is 1. The Morgan fingerprint density at radius 1 is 1.06 bits per heavy atom. The molecule has 4 rings (SSSR count). The fraction of sp³-hybridized carbons (Fsp3) is 0.400.